The van der Waals surface area contributed by atoms with Crippen molar-refractivity contribution in [2.45, 2.75) is 6.54 Å². The second kappa shape index (κ2) is 5.60. The van der Waals surface area contributed by atoms with Gasteiger partial charge in [-0.05, 0) is 17.7 Å². The highest BCUT2D eigenvalue weighted by atomic mass is 19.1. The number of halogens is 1. The molecule has 0 bridgehead atoms. The van der Waals surface area contributed by atoms with Gasteiger partial charge < -0.3 is 15.2 Å². The maximum atomic E-state index is 13.7. The van der Waals surface area contributed by atoms with Gasteiger partial charge in [-0.2, -0.15) is 5.10 Å². The van der Waals surface area contributed by atoms with Crippen molar-refractivity contribution in [2.24, 2.45) is 0 Å². The van der Waals surface area contributed by atoms with E-state index in [2.05, 4.69) is 9.84 Å². The fourth-order valence-corrected chi connectivity index (χ4v) is 1.72. The molecule has 2 N–H and O–H groups in total. The molecular weight excluding hydrogens is 265 g/mol. The Kier molecular flexibility index (Phi) is 3.88. The number of hydrogen-bond acceptors (Lipinski definition) is 5. The third-order valence-corrected chi connectivity index (χ3v) is 2.80. The lowest BCUT2D eigenvalue weighted by Gasteiger charge is -2.07. The Morgan fingerprint density at radius 2 is 2.15 bits per heavy atom. The lowest BCUT2D eigenvalue weighted by molar-refractivity contribution is -0.141. The minimum atomic E-state index is -0.569. The van der Waals surface area contributed by atoms with Gasteiger partial charge in [0.25, 0.3) is 0 Å². The second-order valence-electron chi connectivity index (χ2n) is 4.08. The number of benzene rings is 1. The summed E-state index contributed by atoms with van der Waals surface area (Å²) in [5.41, 5.74) is 6.71. The molecule has 0 atom stereocenters. The van der Waals surface area contributed by atoms with E-state index >= 15 is 0 Å². The molecule has 6 nitrogen and oxygen atoms in total. The lowest BCUT2D eigenvalue weighted by Crippen LogP contribution is -2.11. The number of ether oxygens (including phenoxy) is 2. The van der Waals surface area contributed by atoms with E-state index in [0.29, 0.717) is 11.1 Å². The number of carbonyl (C=O) groups excluding carboxylic acids is 1. The van der Waals surface area contributed by atoms with Crippen molar-refractivity contribution >= 4 is 11.7 Å². The number of esters is 1. The highest BCUT2D eigenvalue weighted by molar-refractivity contribution is 5.71. The highest BCUT2D eigenvalue weighted by Gasteiger charge is 2.12. The summed E-state index contributed by atoms with van der Waals surface area (Å²) in [7, 11) is 2.71. The second-order valence-corrected chi connectivity index (χ2v) is 4.08. The van der Waals surface area contributed by atoms with E-state index in [9.17, 15) is 9.18 Å². The lowest BCUT2D eigenvalue weighted by atomic mass is 10.1. The Bertz CT molecular complexity index is 640. The third-order valence-electron chi connectivity index (χ3n) is 2.80. The summed E-state index contributed by atoms with van der Waals surface area (Å²) < 4.78 is 24.6. The number of anilines is 1. The molecule has 0 saturated heterocycles. The zero-order valence-corrected chi connectivity index (χ0v) is 11.1. The minimum Gasteiger partial charge on any atom is -0.494 e. The number of carbonyl (C=O) groups is 1. The van der Waals surface area contributed by atoms with Crippen molar-refractivity contribution in [1.82, 2.24) is 9.78 Å². The summed E-state index contributed by atoms with van der Waals surface area (Å²) >= 11 is 0. The Morgan fingerprint density at radius 1 is 1.40 bits per heavy atom. The van der Waals surface area contributed by atoms with Crippen LogP contribution >= 0.6 is 0 Å². The molecule has 1 heterocycles. The van der Waals surface area contributed by atoms with Gasteiger partial charge in [-0.1, -0.05) is 0 Å². The number of methoxy groups -OCH3 is 2. The van der Waals surface area contributed by atoms with Gasteiger partial charge >= 0.3 is 5.97 Å². The molecule has 0 aliphatic heterocycles. The van der Waals surface area contributed by atoms with Crippen LogP contribution in [0.25, 0.3) is 11.1 Å². The molecule has 0 aliphatic rings. The van der Waals surface area contributed by atoms with Crippen LogP contribution in [0.15, 0.2) is 24.5 Å². The zero-order chi connectivity index (χ0) is 14.7. The number of nitrogen functional groups attached to an aromatic ring is 1. The van der Waals surface area contributed by atoms with Gasteiger partial charge in [-0.15, -0.1) is 0 Å². The molecule has 0 radical (unpaired) electrons. The normalized spacial score (nSPS) is 10.3. The molecular formula is C13H14FN3O3. The van der Waals surface area contributed by atoms with Crippen LogP contribution in [-0.2, 0) is 16.1 Å². The number of rotatable bonds is 4. The average molecular weight is 279 g/mol. The summed E-state index contributed by atoms with van der Waals surface area (Å²) in [6.07, 6.45) is 3.13. The molecule has 1 aromatic carbocycles. The molecule has 2 rings (SSSR count). The third kappa shape index (κ3) is 2.71. The molecule has 20 heavy (non-hydrogen) atoms. The van der Waals surface area contributed by atoms with Gasteiger partial charge in [-0.3, -0.25) is 9.48 Å². The standard InChI is InChI=1S/C13H14FN3O3/c1-19-11-4-8(3-10(14)13(11)15)9-5-16-17(6-9)7-12(18)20-2/h3-6H,7,15H2,1-2H3. The largest absolute Gasteiger partial charge is 0.494 e. The van der Waals surface area contributed by atoms with Crippen molar-refractivity contribution in [3.8, 4) is 16.9 Å². The Hall–Kier alpha value is -2.57. The first-order chi connectivity index (χ1) is 9.55. The van der Waals surface area contributed by atoms with Crippen molar-refractivity contribution in [3.63, 3.8) is 0 Å². The predicted octanol–water partition coefficient (Wildman–Crippen LogP) is 1.45. The molecule has 0 fully saturated rings. The van der Waals surface area contributed by atoms with Crippen molar-refractivity contribution in [1.29, 1.82) is 0 Å². The quantitative estimate of drug-likeness (QED) is 0.677. The van der Waals surface area contributed by atoms with E-state index in [1.54, 1.807) is 12.3 Å². The van der Waals surface area contributed by atoms with E-state index in [-0.39, 0.29) is 18.0 Å². The van der Waals surface area contributed by atoms with E-state index in [4.69, 9.17) is 10.5 Å². The molecule has 0 amide bonds. The first-order valence-corrected chi connectivity index (χ1v) is 5.77. The van der Waals surface area contributed by atoms with Crippen LogP contribution in [-0.4, -0.2) is 30.0 Å². The van der Waals surface area contributed by atoms with E-state index < -0.39 is 11.8 Å². The smallest absolute Gasteiger partial charge is 0.327 e. The molecule has 0 unspecified atom stereocenters. The Morgan fingerprint density at radius 3 is 2.80 bits per heavy atom. The maximum Gasteiger partial charge on any atom is 0.327 e. The SMILES string of the molecule is COC(=O)Cn1cc(-c2cc(F)c(N)c(OC)c2)cn1. The van der Waals surface area contributed by atoms with E-state index in [1.807, 2.05) is 0 Å². The fraction of sp³-hybridized carbons (Fsp3) is 0.231. The van der Waals surface area contributed by atoms with Gasteiger partial charge in [0.05, 0.1) is 20.4 Å². The van der Waals surface area contributed by atoms with Crippen LogP contribution in [0, 0.1) is 5.82 Å². The molecule has 0 spiro atoms. The van der Waals surface area contributed by atoms with Gasteiger partial charge in [0.15, 0.2) is 5.82 Å². The molecule has 7 heteroatoms. The van der Waals surface area contributed by atoms with Gasteiger partial charge in [0.2, 0.25) is 0 Å². The number of hydrogen-bond donors (Lipinski definition) is 1. The van der Waals surface area contributed by atoms with Crippen LogP contribution in [0.3, 0.4) is 0 Å². The number of aromatic nitrogens is 2. The molecule has 1 aromatic heterocycles. The van der Waals surface area contributed by atoms with Crippen LogP contribution < -0.4 is 10.5 Å². The predicted molar refractivity (Wildman–Crippen MR) is 70.6 cm³/mol. The monoisotopic (exact) mass is 279 g/mol. The van der Waals surface area contributed by atoms with Crippen molar-refractivity contribution in [3.05, 3.63) is 30.3 Å². The summed E-state index contributed by atoms with van der Waals surface area (Å²) in [5, 5.41) is 4.01. The average Bonchev–Trinajstić information content (AvgIpc) is 2.90. The summed E-state index contributed by atoms with van der Waals surface area (Å²) in [6, 6.07) is 2.90. The van der Waals surface area contributed by atoms with Crippen LogP contribution in [0.1, 0.15) is 0 Å². The van der Waals surface area contributed by atoms with Gasteiger partial charge in [-0.25, -0.2) is 4.39 Å². The molecule has 106 valence electrons. The van der Waals surface area contributed by atoms with E-state index in [0.717, 1.165) is 0 Å². The van der Waals surface area contributed by atoms with E-state index in [1.165, 1.54) is 31.2 Å². The van der Waals surface area contributed by atoms with Gasteiger partial charge in [0, 0.05) is 11.8 Å². The highest BCUT2D eigenvalue weighted by Crippen LogP contribution is 2.31. The molecule has 0 aliphatic carbocycles. The van der Waals surface area contributed by atoms with Crippen LogP contribution in [0.5, 0.6) is 5.75 Å². The first-order valence-electron chi connectivity index (χ1n) is 5.77. The fourth-order valence-electron chi connectivity index (χ4n) is 1.72. The number of nitrogens with two attached hydrogens (primary N) is 1. The van der Waals surface area contributed by atoms with Crippen LogP contribution in [0.2, 0.25) is 0 Å². The first kappa shape index (κ1) is 13.9. The Labute approximate surface area is 114 Å². The summed E-state index contributed by atoms with van der Waals surface area (Å²) in [5.74, 6) is -0.735. The summed E-state index contributed by atoms with van der Waals surface area (Å²) in [6.45, 7) is -0.00884. The molecule has 2 aromatic rings. The minimum absolute atomic E-state index is 0.00884. The molecule has 0 saturated carbocycles. The number of nitrogens with zero attached hydrogens (tertiary/aromatic N) is 2. The van der Waals surface area contributed by atoms with Gasteiger partial charge in [0.1, 0.15) is 18.0 Å². The van der Waals surface area contributed by atoms with Crippen LogP contribution in [0.4, 0.5) is 10.1 Å². The maximum absolute atomic E-state index is 13.7. The summed E-state index contributed by atoms with van der Waals surface area (Å²) in [4.78, 5) is 11.1. The topological polar surface area (TPSA) is 79.4 Å². The van der Waals surface area contributed by atoms with Crippen molar-refractivity contribution < 1.29 is 18.7 Å². The zero-order valence-electron chi connectivity index (χ0n) is 11.1. The Balaban J connectivity index is 2.32. The van der Waals surface area contributed by atoms with Crippen molar-refractivity contribution in [2.75, 3.05) is 20.0 Å².